The van der Waals surface area contributed by atoms with Crippen LogP contribution < -0.4 is 0 Å². The standard InChI is InChI=1S/C16H10Cl2N2OS/c17-10-6-5-9(7-11(10)18)8-14-15(21)20-13-4-2-1-3-12(13)19-16(20)22-14/h1-7,14H,8H2/t14-/m1/s1. The van der Waals surface area contributed by atoms with Crippen molar-refractivity contribution in [2.24, 2.45) is 0 Å². The summed E-state index contributed by atoms with van der Waals surface area (Å²) in [5.74, 6) is 0.0692. The molecule has 0 spiro atoms. The first-order chi connectivity index (χ1) is 10.6. The average Bonchev–Trinajstić information content (AvgIpc) is 3.00. The van der Waals surface area contributed by atoms with Crippen LogP contribution in [0.2, 0.25) is 10.0 Å². The van der Waals surface area contributed by atoms with E-state index in [0.29, 0.717) is 16.5 Å². The third-order valence-electron chi connectivity index (χ3n) is 3.68. The van der Waals surface area contributed by atoms with Gasteiger partial charge < -0.3 is 0 Å². The van der Waals surface area contributed by atoms with Crippen LogP contribution in [0.15, 0.2) is 47.6 Å². The van der Waals surface area contributed by atoms with E-state index < -0.39 is 0 Å². The van der Waals surface area contributed by atoms with Gasteiger partial charge in [-0.25, -0.2) is 4.98 Å². The molecule has 2 aromatic carbocycles. The van der Waals surface area contributed by atoms with Gasteiger partial charge in [0.15, 0.2) is 5.16 Å². The third kappa shape index (κ3) is 2.22. The number of nitrogens with zero attached hydrogens (tertiary/aromatic N) is 2. The van der Waals surface area contributed by atoms with E-state index >= 15 is 0 Å². The molecule has 0 saturated heterocycles. The molecule has 2 heterocycles. The number of rotatable bonds is 2. The van der Waals surface area contributed by atoms with Crippen molar-refractivity contribution in [2.45, 2.75) is 16.8 Å². The van der Waals surface area contributed by atoms with Crippen LogP contribution in [0.3, 0.4) is 0 Å². The normalized spacial score (nSPS) is 17.2. The van der Waals surface area contributed by atoms with Gasteiger partial charge in [0, 0.05) is 0 Å². The third-order valence-corrected chi connectivity index (χ3v) is 5.56. The second-order valence-electron chi connectivity index (χ2n) is 5.12. The van der Waals surface area contributed by atoms with Crippen molar-refractivity contribution in [1.82, 2.24) is 9.55 Å². The number of hydrogen-bond acceptors (Lipinski definition) is 3. The molecule has 0 N–H and O–H groups in total. The average molecular weight is 349 g/mol. The molecule has 0 bridgehead atoms. The maximum Gasteiger partial charge on any atom is 0.247 e. The lowest BCUT2D eigenvalue weighted by atomic mass is 10.1. The second-order valence-corrected chi connectivity index (χ2v) is 7.10. The molecule has 1 aliphatic rings. The van der Waals surface area contributed by atoms with E-state index in [2.05, 4.69) is 4.98 Å². The lowest BCUT2D eigenvalue weighted by Crippen LogP contribution is -2.19. The summed E-state index contributed by atoms with van der Waals surface area (Å²) in [6.07, 6.45) is 0.609. The minimum Gasteiger partial charge on any atom is -0.273 e. The maximum absolute atomic E-state index is 12.7. The summed E-state index contributed by atoms with van der Waals surface area (Å²) in [6, 6.07) is 13.2. The van der Waals surface area contributed by atoms with E-state index in [1.807, 2.05) is 36.4 Å². The fourth-order valence-corrected chi connectivity index (χ4v) is 4.13. The van der Waals surface area contributed by atoms with Gasteiger partial charge in [0.25, 0.3) is 0 Å². The zero-order chi connectivity index (χ0) is 15.3. The van der Waals surface area contributed by atoms with Crippen LogP contribution >= 0.6 is 35.0 Å². The topological polar surface area (TPSA) is 34.9 Å². The quantitative estimate of drug-likeness (QED) is 0.673. The van der Waals surface area contributed by atoms with Gasteiger partial charge in [-0.2, -0.15) is 0 Å². The van der Waals surface area contributed by atoms with Gasteiger partial charge in [0.05, 0.1) is 26.3 Å². The largest absolute Gasteiger partial charge is 0.273 e. The number of para-hydroxylation sites is 2. The summed E-state index contributed by atoms with van der Waals surface area (Å²) in [4.78, 5) is 17.2. The Kier molecular flexibility index (Phi) is 3.40. The molecule has 0 amide bonds. The molecule has 0 unspecified atom stereocenters. The Hall–Kier alpha value is -1.49. The second kappa shape index (κ2) is 5.30. The number of hydrogen-bond donors (Lipinski definition) is 0. The molecule has 1 atom stereocenters. The molecule has 3 aromatic rings. The van der Waals surface area contributed by atoms with Gasteiger partial charge in [-0.1, -0.05) is 53.2 Å². The number of aromatic nitrogens is 2. The highest BCUT2D eigenvalue weighted by atomic mass is 35.5. The highest BCUT2D eigenvalue weighted by molar-refractivity contribution is 8.00. The SMILES string of the molecule is O=C1[C@@H](Cc2ccc(Cl)c(Cl)c2)Sc2nc3ccccc3n21. The smallest absolute Gasteiger partial charge is 0.247 e. The number of fused-ring (bicyclic) bond motifs is 3. The number of benzene rings is 2. The van der Waals surface area contributed by atoms with Gasteiger partial charge in [-0.3, -0.25) is 9.36 Å². The van der Waals surface area contributed by atoms with Crippen molar-refractivity contribution in [3.05, 3.63) is 58.1 Å². The first-order valence-corrected chi connectivity index (χ1v) is 8.39. The van der Waals surface area contributed by atoms with Crippen molar-refractivity contribution in [1.29, 1.82) is 0 Å². The Balaban J connectivity index is 1.65. The van der Waals surface area contributed by atoms with E-state index in [1.165, 1.54) is 11.8 Å². The molecule has 1 aromatic heterocycles. The number of halogens is 2. The minimum atomic E-state index is -0.177. The summed E-state index contributed by atoms with van der Waals surface area (Å²) in [5, 5.41) is 1.62. The lowest BCUT2D eigenvalue weighted by Gasteiger charge is -2.08. The van der Waals surface area contributed by atoms with Crippen LogP contribution in [-0.2, 0) is 6.42 Å². The number of carbonyl (C=O) groups excluding carboxylic acids is 1. The maximum atomic E-state index is 12.7. The number of thioether (sulfide) groups is 1. The van der Waals surface area contributed by atoms with Crippen molar-refractivity contribution in [2.75, 3.05) is 0 Å². The highest BCUT2D eigenvalue weighted by Crippen LogP contribution is 2.37. The van der Waals surface area contributed by atoms with E-state index in [4.69, 9.17) is 23.2 Å². The molecule has 0 aliphatic carbocycles. The molecular weight excluding hydrogens is 339 g/mol. The van der Waals surface area contributed by atoms with Gasteiger partial charge in [-0.15, -0.1) is 0 Å². The van der Waals surface area contributed by atoms with Crippen LogP contribution in [0, 0.1) is 0 Å². The van der Waals surface area contributed by atoms with Crippen LogP contribution in [0.4, 0.5) is 0 Å². The Morgan fingerprint density at radius 3 is 2.77 bits per heavy atom. The minimum absolute atomic E-state index is 0.0692. The molecule has 22 heavy (non-hydrogen) atoms. The molecule has 0 radical (unpaired) electrons. The Bertz CT molecular complexity index is 906. The fraction of sp³-hybridized carbons (Fsp3) is 0.125. The van der Waals surface area contributed by atoms with Crippen molar-refractivity contribution < 1.29 is 4.79 Å². The molecule has 0 fully saturated rings. The number of carbonyl (C=O) groups is 1. The summed E-state index contributed by atoms with van der Waals surface area (Å²) in [6.45, 7) is 0. The van der Waals surface area contributed by atoms with Crippen LogP contribution in [0.5, 0.6) is 0 Å². The molecular formula is C16H10Cl2N2OS. The van der Waals surface area contributed by atoms with Gasteiger partial charge in [-0.05, 0) is 36.2 Å². The monoisotopic (exact) mass is 348 g/mol. The zero-order valence-corrected chi connectivity index (χ0v) is 13.6. The van der Waals surface area contributed by atoms with E-state index in [0.717, 1.165) is 21.8 Å². The Labute approximate surface area is 141 Å². The van der Waals surface area contributed by atoms with E-state index in [-0.39, 0.29) is 11.2 Å². The first kappa shape index (κ1) is 14.1. The Morgan fingerprint density at radius 1 is 1.14 bits per heavy atom. The summed E-state index contributed by atoms with van der Waals surface area (Å²) < 4.78 is 1.71. The highest BCUT2D eigenvalue weighted by Gasteiger charge is 2.34. The predicted molar refractivity (Wildman–Crippen MR) is 90.2 cm³/mol. The molecule has 110 valence electrons. The fourth-order valence-electron chi connectivity index (χ4n) is 2.63. The first-order valence-electron chi connectivity index (χ1n) is 6.76. The summed E-state index contributed by atoms with van der Waals surface area (Å²) in [7, 11) is 0. The number of imidazole rings is 1. The van der Waals surface area contributed by atoms with Crippen molar-refractivity contribution in [3.8, 4) is 0 Å². The summed E-state index contributed by atoms with van der Waals surface area (Å²) >= 11 is 13.5. The molecule has 4 rings (SSSR count). The van der Waals surface area contributed by atoms with Gasteiger partial charge >= 0.3 is 0 Å². The van der Waals surface area contributed by atoms with Gasteiger partial charge in [0.2, 0.25) is 5.91 Å². The van der Waals surface area contributed by atoms with Crippen molar-refractivity contribution in [3.63, 3.8) is 0 Å². The van der Waals surface area contributed by atoms with Crippen molar-refractivity contribution >= 4 is 51.9 Å². The zero-order valence-electron chi connectivity index (χ0n) is 11.3. The summed E-state index contributed by atoms with van der Waals surface area (Å²) in [5.41, 5.74) is 2.72. The molecule has 1 aliphatic heterocycles. The molecule has 3 nitrogen and oxygen atoms in total. The van der Waals surface area contributed by atoms with E-state index in [9.17, 15) is 4.79 Å². The van der Waals surface area contributed by atoms with Crippen LogP contribution in [0.1, 0.15) is 10.4 Å². The van der Waals surface area contributed by atoms with Crippen LogP contribution in [0.25, 0.3) is 11.0 Å². The molecule has 0 saturated carbocycles. The lowest BCUT2D eigenvalue weighted by molar-refractivity contribution is 0.0914. The Morgan fingerprint density at radius 2 is 1.95 bits per heavy atom. The molecule has 6 heteroatoms. The van der Waals surface area contributed by atoms with Crippen LogP contribution in [-0.4, -0.2) is 20.7 Å². The van der Waals surface area contributed by atoms with E-state index in [1.54, 1.807) is 10.6 Å². The van der Waals surface area contributed by atoms with Gasteiger partial charge in [0.1, 0.15) is 0 Å². The predicted octanol–water partition coefficient (Wildman–Crippen LogP) is 4.70.